The topological polar surface area (TPSA) is 37.8 Å². The molecular formula is C7H9IN2OS. The minimum atomic E-state index is -0.143. The molecule has 0 aliphatic heterocycles. The second-order valence-electron chi connectivity index (χ2n) is 2.74. The summed E-state index contributed by atoms with van der Waals surface area (Å²) in [6, 6.07) is 0.165. The van der Waals surface area contributed by atoms with E-state index in [2.05, 4.69) is 27.6 Å². The molecule has 0 atom stereocenters. The van der Waals surface area contributed by atoms with Crippen LogP contribution in [0.2, 0.25) is 0 Å². The van der Waals surface area contributed by atoms with Gasteiger partial charge in [-0.25, -0.2) is 4.79 Å². The summed E-state index contributed by atoms with van der Waals surface area (Å²) in [4.78, 5) is 13.9. The van der Waals surface area contributed by atoms with Crippen LogP contribution >= 0.6 is 34.8 Å². The van der Waals surface area contributed by atoms with Crippen LogP contribution in [0.25, 0.3) is 0 Å². The predicted molar refractivity (Wildman–Crippen MR) is 59.0 cm³/mol. The molecule has 0 aromatic carbocycles. The van der Waals surface area contributed by atoms with E-state index in [1.54, 1.807) is 10.8 Å². The summed E-state index contributed by atoms with van der Waals surface area (Å²) in [5.74, 6) is 0. The third kappa shape index (κ3) is 1.95. The molecule has 0 aliphatic rings. The van der Waals surface area contributed by atoms with Gasteiger partial charge in [-0.2, -0.15) is 0 Å². The van der Waals surface area contributed by atoms with Crippen LogP contribution in [0.3, 0.4) is 0 Å². The highest BCUT2D eigenvalue weighted by Gasteiger charge is 2.01. The maximum Gasteiger partial charge on any atom is 0.326 e. The highest BCUT2D eigenvalue weighted by molar-refractivity contribution is 14.1. The molecule has 0 saturated heterocycles. The molecule has 5 heteroatoms. The summed E-state index contributed by atoms with van der Waals surface area (Å²) in [6.45, 7) is 3.91. The second-order valence-corrected chi connectivity index (χ2v) is 4.31. The van der Waals surface area contributed by atoms with E-state index in [0.29, 0.717) is 4.64 Å². The molecule has 0 radical (unpaired) electrons. The van der Waals surface area contributed by atoms with Gasteiger partial charge >= 0.3 is 5.69 Å². The van der Waals surface area contributed by atoms with E-state index in [1.165, 1.54) is 0 Å². The van der Waals surface area contributed by atoms with Gasteiger partial charge < -0.3 is 0 Å². The number of hydrogen-bond acceptors (Lipinski definition) is 2. The number of nitrogens with one attached hydrogen (secondary N) is 1. The van der Waals surface area contributed by atoms with Crippen LogP contribution in [-0.4, -0.2) is 9.55 Å². The SMILES string of the molecule is CC(C)n1cc(I)c(=S)[nH]c1=O. The highest BCUT2D eigenvalue weighted by atomic mass is 127. The Morgan fingerprint density at radius 2 is 2.25 bits per heavy atom. The molecule has 66 valence electrons. The predicted octanol–water partition coefficient (Wildman–Crippen LogP) is 2.09. The summed E-state index contributed by atoms with van der Waals surface area (Å²) in [6.07, 6.45) is 1.77. The Labute approximate surface area is 89.0 Å². The Kier molecular flexibility index (Phi) is 3.05. The molecular weight excluding hydrogens is 287 g/mol. The minimum Gasteiger partial charge on any atom is -0.297 e. The minimum absolute atomic E-state index is 0.143. The molecule has 0 aliphatic carbocycles. The first-order valence-electron chi connectivity index (χ1n) is 3.53. The smallest absolute Gasteiger partial charge is 0.297 e. The van der Waals surface area contributed by atoms with Gasteiger partial charge in [0.25, 0.3) is 0 Å². The van der Waals surface area contributed by atoms with Crippen LogP contribution in [0.1, 0.15) is 19.9 Å². The molecule has 1 N–H and O–H groups in total. The fourth-order valence-electron chi connectivity index (χ4n) is 0.844. The van der Waals surface area contributed by atoms with Crippen molar-refractivity contribution in [2.24, 2.45) is 0 Å². The van der Waals surface area contributed by atoms with Crippen molar-refractivity contribution in [1.29, 1.82) is 0 Å². The lowest BCUT2D eigenvalue weighted by Gasteiger charge is -2.08. The average Bonchev–Trinajstić information content (AvgIpc) is 1.96. The first-order chi connectivity index (χ1) is 5.52. The largest absolute Gasteiger partial charge is 0.326 e. The molecule has 1 aromatic heterocycles. The lowest BCUT2D eigenvalue weighted by atomic mass is 10.4. The Morgan fingerprint density at radius 1 is 1.67 bits per heavy atom. The number of H-pyrrole nitrogens is 1. The zero-order valence-electron chi connectivity index (χ0n) is 6.80. The van der Waals surface area contributed by atoms with Crippen molar-refractivity contribution in [2.75, 3.05) is 0 Å². The molecule has 1 heterocycles. The van der Waals surface area contributed by atoms with Gasteiger partial charge in [0.05, 0.1) is 3.57 Å². The summed E-state index contributed by atoms with van der Waals surface area (Å²) in [5.41, 5.74) is -0.143. The van der Waals surface area contributed by atoms with Crippen LogP contribution in [0.15, 0.2) is 11.0 Å². The van der Waals surface area contributed by atoms with Crippen LogP contribution in [0, 0.1) is 8.21 Å². The zero-order chi connectivity index (χ0) is 9.30. The molecule has 0 unspecified atom stereocenters. The van der Waals surface area contributed by atoms with Crippen LogP contribution in [0.4, 0.5) is 0 Å². The van der Waals surface area contributed by atoms with E-state index < -0.39 is 0 Å². The monoisotopic (exact) mass is 296 g/mol. The van der Waals surface area contributed by atoms with Gasteiger partial charge in [0.15, 0.2) is 0 Å². The molecule has 3 nitrogen and oxygen atoms in total. The summed E-state index contributed by atoms with van der Waals surface area (Å²) in [7, 11) is 0. The second kappa shape index (κ2) is 3.69. The first kappa shape index (κ1) is 9.91. The highest BCUT2D eigenvalue weighted by Crippen LogP contribution is 2.05. The van der Waals surface area contributed by atoms with E-state index in [9.17, 15) is 4.79 Å². The van der Waals surface area contributed by atoms with Gasteiger partial charge in [-0.15, -0.1) is 0 Å². The van der Waals surface area contributed by atoms with E-state index in [4.69, 9.17) is 12.2 Å². The third-order valence-electron chi connectivity index (χ3n) is 1.48. The van der Waals surface area contributed by atoms with E-state index in [1.807, 2.05) is 13.8 Å². The van der Waals surface area contributed by atoms with Gasteiger partial charge in [-0.05, 0) is 36.4 Å². The standard InChI is InChI=1S/C7H9IN2OS/c1-4(2)10-3-5(8)6(12)9-7(10)11/h3-4H,1-2H3,(H,9,11,12). The lowest BCUT2D eigenvalue weighted by Crippen LogP contribution is -2.24. The average molecular weight is 296 g/mol. The van der Waals surface area contributed by atoms with Gasteiger partial charge in [-0.1, -0.05) is 12.2 Å². The Balaban J connectivity index is 3.44. The normalized spacial score (nSPS) is 10.7. The van der Waals surface area contributed by atoms with Gasteiger partial charge in [-0.3, -0.25) is 9.55 Å². The summed E-state index contributed by atoms with van der Waals surface area (Å²) in [5, 5.41) is 0. The van der Waals surface area contributed by atoms with Crippen molar-refractivity contribution in [3.05, 3.63) is 24.9 Å². The quantitative estimate of drug-likeness (QED) is 0.636. The summed E-state index contributed by atoms with van der Waals surface area (Å²) >= 11 is 7.02. The van der Waals surface area contributed by atoms with Gasteiger partial charge in [0.2, 0.25) is 0 Å². The van der Waals surface area contributed by atoms with Crippen LogP contribution in [-0.2, 0) is 0 Å². The molecule has 0 amide bonds. The number of nitrogens with zero attached hydrogens (tertiary/aromatic N) is 1. The number of rotatable bonds is 1. The number of aromatic nitrogens is 2. The van der Waals surface area contributed by atoms with E-state index in [-0.39, 0.29) is 11.7 Å². The van der Waals surface area contributed by atoms with Crippen LogP contribution in [0.5, 0.6) is 0 Å². The van der Waals surface area contributed by atoms with E-state index in [0.717, 1.165) is 3.57 Å². The fourth-order valence-corrected chi connectivity index (χ4v) is 1.42. The molecule has 0 bridgehead atoms. The number of aromatic amines is 1. The Bertz CT molecular complexity index is 393. The first-order valence-corrected chi connectivity index (χ1v) is 5.02. The molecule has 0 fully saturated rings. The molecule has 1 rings (SSSR count). The van der Waals surface area contributed by atoms with Crippen molar-refractivity contribution < 1.29 is 0 Å². The van der Waals surface area contributed by atoms with Gasteiger partial charge in [0.1, 0.15) is 4.64 Å². The van der Waals surface area contributed by atoms with Crippen molar-refractivity contribution in [3.63, 3.8) is 0 Å². The van der Waals surface area contributed by atoms with E-state index >= 15 is 0 Å². The zero-order valence-corrected chi connectivity index (χ0v) is 9.77. The van der Waals surface area contributed by atoms with Gasteiger partial charge in [0, 0.05) is 12.2 Å². The maximum absolute atomic E-state index is 11.3. The molecule has 0 saturated carbocycles. The van der Waals surface area contributed by atoms with Crippen molar-refractivity contribution in [2.45, 2.75) is 19.9 Å². The van der Waals surface area contributed by atoms with Crippen molar-refractivity contribution >= 4 is 34.8 Å². The molecule has 1 aromatic rings. The van der Waals surface area contributed by atoms with Crippen molar-refractivity contribution in [1.82, 2.24) is 9.55 Å². The lowest BCUT2D eigenvalue weighted by molar-refractivity contribution is 0.560. The van der Waals surface area contributed by atoms with Crippen LogP contribution < -0.4 is 5.69 Å². The Morgan fingerprint density at radius 3 is 2.75 bits per heavy atom. The molecule has 0 spiro atoms. The maximum atomic E-state index is 11.3. The van der Waals surface area contributed by atoms with Crippen molar-refractivity contribution in [3.8, 4) is 0 Å². The molecule has 12 heavy (non-hydrogen) atoms. The number of hydrogen-bond donors (Lipinski definition) is 1. The Hall–Kier alpha value is -0.170. The summed E-state index contributed by atoms with van der Waals surface area (Å²) < 4.78 is 3.03. The third-order valence-corrected chi connectivity index (χ3v) is 2.99. The number of halogens is 1. The fraction of sp³-hybridized carbons (Fsp3) is 0.429.